The molecular formula is C20H27FN2O3. The van der Waals surface area contributed by atoms with Crippen LogP contribution in [-0.4, -0.2) is 61.0 Å². The van der Waals surface area contributed by atoms with E-state index in [0.717, 1.165) is 18.4 Å². The van der Waals surface area contributed by atoms with E-state index in [4.69, 9.17) is 4.74 Å². The van der Waals surface area contributed by atoms with Crippen LogP contribution >= 0.6 is 0 Å². The number of piperidine rings is 1. The topological polar surface area (TPSA) is 49.9 Å². The van der Waals surface area contributed by atoms with E-state index in [9.17, 15) is 14.0 Å². The molecule has 6 heteroatoms. The average Bonchev–Trinajstić information content (AvgIpc) is 2.68. The van der Waals surface area contributed by atoms with E-state index >= 15 is 0 Å². The third kappa shape index (κ3) is 4.61. The molecule has 0 spiro atoms. The van der Waals surface area contributed by atoms with Gasteiger partial charge in [-0.1, -0.05) is 19.1 Å². The maximum absolute atomic E-state index is 13.0. The van der Waals surface area contributed by atoms with Crippen LogP contribution in [0.25, 0.3) is 0 Å². The molecule has 1 atom stereocenters. The zero-order valence-corrected chi connectivity index (χ0v) is 15.3. The fourth-order valence-electron chi connectivity index (χ4n) is 3.72. The van der Waals surface area contributed by atoms with Crippen LogP contribution in [0.5, 0.6) is 0 Å². The number of carbonyl (C=O) groups excluding carboxylic acids is 2. The third-order valence-corrected chi connectivity index (χ3v) is 5.44. The van der Waals surface area contributed by atoms with Crippen molar-refractivity contribution in [1.82, 2.24) is 9.80 Å². The first-order valence-electron chi connectivity index (χ1n) is 9.44. The largest absolute Gasteiger partial charge is 0.378 e. The summed E-state index contributed by atoms with van der Waals surface area (Å²) in [4.78, 5) is 28.9. The van der Waals surface area contributed by atoms with Gasteiger partial charge in [0.05, 0.1) is 13.2 Å². The second-order valence-electron chi connectivity index (χ2n) is 7.25. The van der Waals surface area contributed by atoms with Crippen LogP contribution in [0, 0.1) is 11.7 Å². The van der Waals surface area contributed by atoms with Gasteiger partial charge in [-0.25, -0.2) is 4.39 Å². The zero-order chi connectivity index (χ0) is 18.5. The van der Waals surface area contributed by atoms with Crippen LogP contribution in [0.4, 0.5) is 4.39 Å². The second kappa shape index (κ2) is 8.62. The molecule has 2 saturated heterocycles. The number of hydrogen-bond acceptors (Lipinski definition) is 3. The lowest BCUT2D eigenvalue weighted by Crippen LogP contribution is -2.47. The summed E-state index contributed by atoms with van der Waals surface area (Å²) in [6.07, 6.45) is 1.87. The normalized spacial score (nSPS) is 20.1. The SMILES string of the molecule is CC(CC(=O)N1CCC(C(=O)N2CCOCC2)CC1)c1ccc(F)cc1. The van der Waals surface area contributed by atoms with Gasteiger partial charge in [-0.2, -0.15) is 0 Å². The summed E-state index contributed by atoms with van der Waals surface area (Å²) >= 11 is 0. The molecule has 2 amide bonds. The highest BCUT2D eigenvalue weighted by Gasteiger charge is 2.31. The van der Waals surface area contributed by atoms with Crippen LogP contribution in [0.3, 0.4) is 0 Å². The minimum Gasteiger partial charge on any atom is -0.378 e. The number of morpholine rings is 1. The molecular weight excluding hydrogens is 335 g/mol. The van der Waals surface area contributed by atoms with E-state index in [-0.39, 0.29) is 29.5 Å². The number of nitrogens with zero attached hydrogens (tertiary/aromatic N) is 2. The number of likely N-dealkylation sites (tertiary alicyclic amines) is 1. The summed E-state index contributed by atoms with van der Waals surface area (Å²) in [5.41, 5.74) is 0.970. The molecule has 2 heterocycles. The number of carbonyl (C=O) groups is 2. The van der Waals surface area contributed by atoms with E-state index in [1.54, 1.807) is 12.1 Å². The lowest BCUT2D eigenvalue weighted by atomic mass is 9.93. The lowest BCUT2D eigenvalue weighted by Gasteiger charge is -2.35. The smallest absolute Gasteiger partial charge is 0.225 e. The highest BCUT2D eigenvalue weighted by molar-refractivity contribution is 5.80. The van der Waals surface area contributed by atoms with Crippen molar-refractivity contribution in [2.45, 2.75) is 32.1 Å². The van der Waals surface area contributed by atoms with Gasteiger partial charge in [0.2, 0.25) is 11.8 Å². The Bertz CT molecular complexity index is 620. The fraction of sp³-hybridized carbons (Fsp3) is 0.600. The fourth-order valence-corrected chi connectivity index (χ4v) is 3.72. The summed E-state index contributed by atoms with van der Waals surface area (Å²) in [6.45, 7) is 5.83. The van der Waals surface area contributed by atoms with Crippen LogP contribution in [0.1, 0.15) is 37.7 Å². The summed E-state index contributed by atoms with van der Waals surface area (Å²) in [6, 6.07) is 6.33. The first-order chi connectivity index (χ1) is 12.5. The van der Waals surface area contributed by atoms with Crippen molar-refractivity contribution < 1.29 is 18.7 Å². The highest BCUT2D eigenvalue weighted by Crippen LogP contribution is 2.24. The second-order valence-corrected chi connectivity index (χ2v) is 7.25. The van der Waals surface area contributed by atoms with Gasteiger partial charge in [-0.3, -0.25) is 9.59 Å². The Labute approximate surface area is 154 Å². The molecule has 0 radical (unpaired) electrons. The molecule has 2 aliphatic rings. The van der Waals surface area contributed by atoms with Gasteiger partial charge in [-0.05, 0) is 36.5 Å². The van der Waals surface area contributed by atoms with E-state index in [1.165, 1.54) is 12.1 Å². The van der Waals surface area contributed by atoms with Crippen LogP contribution in [0.15, 0.2) is 24.3 Å². The Hall–Kier alpha value is -1.95. The Balaban J connectivity index is 1.47. The van der Waals surface area contributed by atoms with Crippen molar-refractivity contribution in [2.75, 3.05) is 39.4 Å². The molecule has 2 fully saturated rings. The van der Waals surface area contributed by atoms with Gasteiger partial charge in [0.1, 0.15) is 5.82 Å². The maximum Gasteiger partial charge on any atom is 0.225 e. The maximum atomic E-state index is 13.0. The van der Waals surface area contributed by atoms with Gasteiger partial charge in [-0.15, -0.1) is 0 Å². The molecule has 0 aliphatic carbocycles. The van der Waals surface area contributed by atoms with E-state index in [0.29, 0.717) is 45.8 Å². The molecule has 1 unspecified atom stereocenters. The molecule has 26 heavy (non-hydrogen) atoms. The number of ether oxygens (including phenoxy) is 1. The zero-order valence-electron chi connectivity index (χ0n) is 15.3. The van der Waals surface area contributed by atoms with Crippen LogP contribution < -0.4 is 0 Å². The molecule has 0 bridgehead atoms. The van der Waals surface area contributed by atoms with Gasteiger partial charge < -0.3 is 14.5 Å². The minimum absolute atomic E-state index is 0.0201. The van der Waals surface area contributed by atoms with Crippen molar-refractivity contribution in [2.24, 2.45) is 5.92 Å². The Morgan fingerprint density at radius 2 is 1.69 bits per heavy atom. The number of amides is 2. The average molecular weight is 362 g/mol. The number of halogens is 1. The quantitative estimate of drug-likeness (QED) is 0.827. The van der Waals surface area contributed by atoms with Gasteiger partial charge >= 0.3 is 0 Å². The van der Waals surface area contributed by atoms with Gasteiger partial charge in [0.15, 0.2) is 0 Å². The molecule has 3 rings (SSSR count). The lowest BCUT2D eigenvalue weighted by molar-refractivity contribution is -0.143. The van der Waals surface area contributed by atoms with Gasteiger partial charge in [0, 0.05) is 38.5 Å². The van der Waals surface area contributed by atoms with Crippen molar-refractivity contribution in [3.8, 4) is 0 Å². The van der Waals surface area contributed by atoms with E-state index in [1.807, 2.05) is 16.7 Å². The summed E-state index contributed by atoms with van der Waals surface area (Å²) in [7, 11) is 0. The number of hydrogen-bond donors (Lipinski definition) is 0. The first kappa shape index (κ1) is 18.8. The van der Waals surface area contributed by atoms with Crippen LogP contribution in [-0.2, 0) is 14.3 Å². The van der Waals surface area contributed by atoms with Crippen molar-refractivity contribution in [1.29, 1.82) is 0 Å². The van der Waals surface area contributed by atoms with Crippen molar-refractivity contribution in [3.05, 3.63) is 35.6 Å². The molecule has 1 aromatic rings. The molecule has 0 N–H and O–H groups in total. The molecule has 1 aromatic carbocycles. The summed E-state index contributed by atoms with van der Waals surface area (Å²) in [5.74, 6) is 0.126. The number of benzene rings is 1. The molecule has 5 nitrogen and oxygen atoms in total. The van der Waals surface area contributed by atoms with E-state index in [2.05, 4.69) is 0 Å². The van der Waals surface area contributed by atoms with Crippen molar-refractivity contribution in [3.63, 3.8) is 0 Å². The predicted octanol–water partition coefficient (Wildman–Crippen LogP) is 2.42. The summed E-state index contributed by atoms with van der Waals surface area (Å²) in [5, 5.41) is 0. The molecule has 2 aliphatic heterocycles. The standard InChI is InChI=1S/C20H27FN2O3/c1-15(16-2-4-18(21)5-3-16)14-19(24)22-8-6-17(7-9-22)20(25)23-10-12-26-13-11-23/h2-5,15,17H,6-14H2,1H3. The molecule has 0 saturated carbocycles. The number of rotatable bonds is 4. The molecule has 0 aromatic heterocycles. The minimum atomic E-state index is -0.265. The van der Waals surface area contributed by atoms with Crippen molar-refractivity contribution >= 4 is 11.8 Å². The summed E-state index contributed by atoms with van der Waals surface area (Å²) < 4.78 is 18.3. The Morgan fingerprint density at radius 1 is 1.08 bits per heavy atom. The van der Waals surface area contributed by atoms with E-state index < -0.39 is 0 Å². The molecule has 142 valence electrons. The predicted molar refractivity (Wildman–Crippen MR) is 96.1 cm³/mol. The monoisotopic (exact) mass is 362 g/mol. The first-order valence-corrected chi connectivity index (χ1v) is 9.44. The van der Waals surface area contributed by atoms with Crippen LogP contribution in [0.2, 0.25) is 0 Å². The highest BCUT2D eigenvalue weighted by atomic mass is 19.1. The van der Waals surface area contributed by atoms with Gasteiger partial charge in [0.25, 0.3) is 0 Å². The Kier molecular flexibility index (Phi) is 6.25. The Morgan fingerprint density at radius 3 is 2.31 bits per heavy atom. The third-order valence-electron chi connectivity index (χ3n) is 5.44.